The van der Waals surface area contributed by atoms with E-state index in [-0.39, 0.29) is 0 Å². The zero-order chi connectivity index (χ0) is 8.72. The number of fused-ring (bicyclic) bond motifs is 2. The Hall–Kier alpha value is -0.370. The molecule has 2 atom stereocenters. The van der Waals surface area contributed by atoms with Crippen LogP contribution >= 0.6 is 0 Å². The van der Waals surface area contributed by atoms with E-state index in [0.29, 0.717) is 23.7 Å². The third-order valence-electron chi connectivity index (χ3n) is 3.31. The van der Waals surface area contributed by atoms with Gasteiger partial charge in [-0.25, -0.2) is 0 Å². The minimum absolute atomic E-state index is 0.381. The van der Waals surface area contributed by atoms with Gasteiger partial charge in [-0.3, -0.25) is 9.69 Å². The van der Waals surface area contributed by atoms with Crippen LogP contribution in [-0.2, 0) is 4.79 Å². The summed E-state index contributed by atoms with van der Waals surface area (Å²) in [4.78, 5) is 14.0. The molecule has 0 radical (unpaired) electrons. The summed E-state index contributed by atoms with van der Waals surface area (Å²) in [6.07, 6.45) is 2.29. The Bertz CT molecular complexity index is 184. The predicted molar refractivity (Wildman–Crippen MR) is 47.9 cm³/mol. The molecule has 2 aliphatic rings. The van der Waals surface area contributed by atoms with E-state index in [4.69, 9.17) is 0 Å². The summed E-state index contributed by atoms with van der Waals surface area (Å²) >= 11 is 0. The van der Waals surface area contributed by atoms with Crippen molar-refractivity contribution in [3.05, 3.63) is 0 Å². The highest BCUT2D eigenvalue weighted by molar-refractivity contribution is 5.86. The second-order valence-electron chi connectivity index (χ2n) is 4.42. The van der Waals surface area contributed by atoms with Crippen LogP contribution < -0.4 is 0 Å². The standard InChI is InChI=1S/C10H17NO/c1-7(2)11-5-8-3-4-9(6-11)10(8)12/h7-9H,3-6H2,1-2H3. The summed E-state index contributed by atoms with van der Waals surface area (Å²) in [5.74, 6) is 1.31. The van der Waals surface area contributed by atoms with Gasteiger partial charge in [0.1, 0.15) is 5.78 Å². The van der Waals surface area contributed by atoms with Gasteiger partial charge in [-0.1, -0.05) is 0 Å². The minimum atomic E-state index is 0.381. The Kier molecular flexibility index (Phi) is 1.95. The molecule has 0 aromatic rings. The van der Waals surface area contributed by atoms with Crippen LogP contribution in [0.4, 0.5) is 0 Å². The first-order valence-corrected chi connectivity index (χ1v) is 4.96. The fourth-order valence-corrected chi connectivity index (χ4v) is 2.45. The Morgan fingerprint density at radius 2 is 1.75 bits per heavy atom. The topological polar surface area (TPSA) is 20.3 Å². The number of piperidine rings is 1. The number of rotatable bonds is 1. The van der Waals surface area contributed by atoms with Crippen LogP contribution in [0, 0.1) is 11.8 Å². The number of hydrogen-bond acceptors (Lipinski definition) is 2. The lowest BCUT2D eigenvalue weighted by Gasteiger charge is -2.33. The summed E-state index contributed by atoms with van der Waals surface area (Å²) in [6, 6.07) is 0.612. The minimum Gasteiger partial charge on any atom is -0.300 e. The molecule has 1 aliphatic carbocycles. The van der Waals surface area contributed by atoms with E-state index < -0.39 is 0 Å². The van der Waals surface area contributed by atoms with Crippen molar-refractivity contribution in [2.45, 2.75) is 32.7 Å². The van der Waals surface area contributed by atoms with Crippen LogP contribution in [0.3, 0.4) is 0 Å². The Morgan fingerprint density at radius 1 is 1.25 bits per heavy atom. The van der Waals surface area contributed by atoms with E-state index in [1.165, 1.54) is 0 Å². The Balaban J connectivity index is 2.07. The number of ketones is 1. The molecule has 0 N–H and O–H groups in total. The highest BCUT2D eigenvalue weighted by atomic mass is 16.1. The van der Waals surface area contributed by atoms with Gasteiger partial charge in [0.25, 0.3) is 0 Å². The predicted octanol–water partition coefficient (Wildman–Crippen LogP) is 1.31. The molecule has 1 aliphatic heterocycles. The van der Waals surface area contributed by atoms with Crippen LogP contribution in [0.25, 0.3) is 0 Å². The van der Waals surface area contributed by atoms with Gasteiger partial charge in [-0.2, -0.15) is 0 Å². The zero-order valence-electron chi connectivity index (χ0n) is 7.92. The molecular weight excluding hydrogens is 150 g/mol. The number of carbonyl (C=O) groups excluding carboxylic acids is 1. The molecular formula is C10H17NO. The first-order valence-electron chi connectivity index (χ1n) is 4.96. The lowest BCUT2D eigenvalue weighted by atomic mass is 9.96. The molecule has 0 aromatic carbocycles. The lowest BCUT2D eigenvalue weighted by molar-refractivity contribution is -0.128. The van der Waals surface area contributed by atoms with E-state index in [0.717, 1.165) is 25.9 Å². The van der Waals surface area contributed by atoms with Gasteiger partial charge in [0, 0.05) is 31.0 Å². The van der Waals surface area contributed by atoms with Crippen LogP contribution in [0.2, 0.25) is 0 Å². The van der Waals surface area contributed by atoms with Gasteiger partial charge in [-0.05, 0) is 26.7 Å². The van der Waals surface area contributed by atoms with Gasteiger partial charge in [0.05, 0.1) is 0 Å². The molecule has 2 heteroatoms. The second-order valence-corrected chi connectivity index (χ2v) is 4.42. The maximum atomic E-state index is 11.5. The smallest absolute Gasteiger partial charge is 0.141 e. The molecule has 0 spiro atoms. The quantitative estimate of drug-likeness (QED) is 0.587. The molecule has 0 amide bonds. The van der Waals surface area contributed by atoms with Crippen molar-refractivity contribution < 1.29 is 4.79 Å². The lowest BCUT2D eigenvalue weighted by Crippen LogP contribution is -2.45. The first kappa shape index (κ1) is 8.24. The van der Waals surface area contributed by atoms with Crippen LogP contribution in [-0.4, -0.2) is 29.8 Å². The fraction of sp³-hybridized carbons (Fsp3) is 0.900. The molecule has 2 bridgehead atoms. The van der Waals surface area contributed by atoms with E-state index in [1.54, 1.807) is 0 Å². The number of likely N-dealkylation sites (tertiary alicyclic amines) is 1. The fourth-order valence-electron chi connectivity index (χ4n) is 2.45. The molecule has 12 heavy (non-hydrogen) atoms. The van der Waals surface area contributed by atoms with Gasteiger partial charge in [-0.15, -0.1) is 0 Å². The van der Waals surface area contributed by atoms with Crippen LogP contribution in [0.1, 0.15) is 26.7 Å². The average Bonchev–Trinajstić information content (AvgIpc) is 2.30. The number of Topliss-reactive ketones (excluding diaryl/α,β-unsaturated/α-hetero) is 1. The normalized spacial score (nSPS) is 36.4. The van der Waals surface area contributed by atoms with Crippen molar-refractivity contribution in [3.63, 3.8) is 0 Å². The van der Waals surface area contributed by atoms with Crippen molar-refractivity contribution >= 4 is 5.78 Å². The third kappa shape index (κ3) is 1.18. The summed E-state index contributed by atoms with van der Waals surface area (Å²) < 4.78 is 0. The monoisotopic (exact) mass is 167 g/mol. The SMILES string of the molecule is CC(C)N1CC2CCC(C1)C2=O. The highest BCUT2D eigenvalue weighted by Gasteiger charge is 2.40. The molecule has 2 nitrogen and oxygen atoms in total. The summed E-state index contributed by atoms with van der Waals surface area (Å²) in [6.45, 7) is 6.48. The van der Waals surface area contributed by atoms with Crippen molar-refractivity contribution in [1.29, 1.82) is 0 Å². The summed E-state index contributed by atoms with van der Waals surface area (Å²) in [5, 5.41) is 0. The molecule has 2 fully saturated rings. The number of nitrogens with zero attached hydrogens (tertiary/aromatic N) is 1. The van der Waals surface area contributed by atoms with Gasteiger partial charge < -0.3 is 0 Å². The maximum Gasteiger partial charge on any atom is 0.141 e. The van der Waals surface area contributed by atoms with Crippen molar-refractivity contribution in [2.24, 2.45) is 11.8 Å². The number of hydrogen-bond donors (Lipinski definition) is 0. The van der Waals surface area contributed by atoms with Gasteiger partial charge in [0.2, 0.25) is 0 Å². The molecule has 1 heterocycles. The molecule has 68 valence electrons. The van der Waals surface area contributed by atoms with E-state index in [2.05, 4.69) is 18.7 Å². The van der Waals surface area contributed by atoms with Gasteiger partial charge in [0.15, 0.2) is 0 Å². The molecule has 1 saturated carbocycles. The molecule has 2 unspecified atom stereocenters. The van der Waals surface area contributed by atoms with Crippen molar-refractivity contribution in [1.82, 2.24) is 4.90 Å². The zero-order valence-corrected chi connectivity index (χ0v) is 7.92. The van der Waals surface area contributed by atoms with E-state index >= 15 is 0 Å². The van der Waals surface area contributed by atoms with Crippen LogP contribution in [0.5, 0.6) is 0 Å². The third-order valence-corrected chi connectivity index (χ3v) is 3.31. The Labute approximate surface area is 73.9 Å². The van der Waals surface area contributed by atoms with Crippen molar-refractivity contribution in [3.8, 4) is 0 Å². The van der Waals surface area contributed by atoms with Gasteiger partial charge >= 0.3 is 0 Å². The molecule has 0 aromatic heterocycles. The second kappa shape index (κ2) is 2.84. The Morgan fingerprint density at radius 3 is 2.17 bits per heavy atom. The number of carbonyl (C=O) groups is 1. The highest BCUT2D eigenvalue weighted by Crippen LogP contribution is 2.33. The van der Waals surface area contributed by atoms with Crippen molar-refractivity contribution in [2.75, 3.05) is 13.1 Å². The average molecular weight is 167 g/mol. The first-order chi connectivity index (χ1) is 5.68. The maximum absolute atomic E-state index is 11.5. The summed E-state index contributed by atoms with van der Waals surface area (Å²) in [5.41, 5.74) is 0. The van der Waals surface area contributed by atoms with E-state index in [9.17, 15) is 4.79 Å². The summed E-state index contributed by atoms with van der Waals surface area (Å²) in [7, 11) is 0. The molecule has 2 rings (SSSR count). The molecule has 1 saturated heterocycles. The largest absolute Gasteiger partial charge is 0.300 e. The van der Waals surface area contributed by atoms with Crippen LogP contribution in [0.15, 0.2) is 0 Å². The van der Waals surface area contributed by atoms with E-state index in [1.807, 2.05) is 0 Å².